The summed E-state index contributed by atoms with van der Waals surface area (Å²) in [6.45, 7) is 6.41. The molecule has 34 heavy (non-hydrogen) atoms. The van der Waals surface area contributed by atoms with Crippen LogP contribution in [0.2, 0.25) is 0 Å². The van der Waals surface area contributed by atoms with E-state index in [0.29, 0.717) is 55.4 Å². The predicted molar refractivity (Wildman–Crippen MR) is 126 cm³/mol. The Morgan fingerprint density at radius 2 is 1.82 bits per heavy atom. The van der Waals surface area contributed by atoms with Gasteiger partial charge in [0.25, 0.3) is 11.8 Å². The van der Waals surface area contributed by atoms with Gasteiger partial charge in [0, 0.05) is 31.4 Å². The SMILES string of the molecule is CCn1ncc(NC(=O)c2cnn3c(-c4ccc(C)cc4)ccnc23)c1C(=O)N1CCOCC1. The first-order chi connectivity index (χ1) is 16.6. The fraction of sp³-hybridized carbons (Fsp3) is 0.292. The number of fused-ring (bicyclic) bond motifs is 1. The minimum atomic E-state index is -0.407. The van der Waals surface area contributed by atoms with Crippen LogP contribution in [0, 0.1) is 6.92 Å². The number of aryl methyl sites for hydroxylation is 2. The summed E-state index contributed by atoms with van der Waals surface area (Å²) < 4.78 is 8.60. The molecule has 4 aromatic rings. The lowest BCUT2D eigenvalue weighted by molar-refractivity contribution is 0.0295. The lowest BCUT2D eigenvalue weighted by atomic mass is 10.1. The van der Waals surface area contributed by atoms with Gasteiger partial charge in [-0.15, -0.1) is 0 Å². The predicted octanol–water partition coefficient (Wildman–Crippen LogP) is 2.65. The van der Waals surface area contributed by atoms with Crippen LogP contribution in [-0.4, -0.2) is 67.4 Å². The van der Waals surface area contributed by atoms with Crippen molar-refractivity contribution >= 4 is 23.1 Å². The molecule has 0 bridgehead atoms. The number of amides is 2. The Bertz CT molecular complexity index is 1350. The largest absolute Gasteiger partial charge is 0.378 e. The van der Waals surface area contributed by atoms with Crippen LogP contribution in [0.15, 0.2) is 48.9 Å². The molecule has 0 saturated carbocycles. The van der Waals surface area contributed by atoms with Gasteiger partial charge in [-0.05, 0) is 19.9 Å². The van der Waals surface area contributed by atoms with Gasteiger partial charge < -0.3 is 15.0 Å². The average molecular weight is 460 g/mol. The van der Waals surface area contributed by atoms with Crippen LogP contribution in [0.1, 0.15) is 33.3 Å². The number of hydrogen-bond acceptors (Lipinski definition) is 6. The average Bonchev–Trinajstić information content (AvgIpc) is 3.48. The number of nitrogens with zero attached hydrogens (tertiary/aromatic N) is 6. The van der Waals surface area contributed by atoms with Crippen molar-refractivity contribution in [3.8, 4) is 11.3 Å². The third-order valence-corrected chi connectivity index (χ3v) is 5.88. The molecule has 1 aliphatic rings. The van der Waals surface area contributed by atoms with E-state index in [1.54, 1.807) is 20.3 Å². The zero-order chi connectivity index (χ0) is 23.7. The van der Waals surface area contributed by atoms with Crippen molar-refractivity contribution in [2.75, 3.05) is 31.6 Å². The molecule has 1 fully saturated rings. The third kappa shape index (κ3) is 3.92. The second-order valence-electron chi connectivity index (χ2n) is 8.07. The summed E-state index contributed by atoms with van der Waals surface area (Å²) in [6.07, 6.45) is 4.65. The standard InChI is InChI=1S/C24H25N7O3/c1-3-30-21(24(33)29-10-12-34-13-11-29)19(15-26-30)28-23(32)18-14-27-31-20(8-9-25-22(18)31)17-6-4-16(2)5-7-17/h4-9,14-15H,3,10-13H2,1-2H3,(H,28,32). The lowest BCUT2D eigenvalue weighted by Gasteiger charge is -2.27. The number of morpholine rings is 1. The van der Waals surface area contributed by atoms with E-state index >= 15 is 0 Å². The number of nitrogens with one attached hydrogen (secondary N) is 1. The number of benzene rings is 1. The van der Waals surface area contributed by atoms with E-state index < -0.39 is 5.91 Å². The van der Waals surface area contributed by atoms with Crippen molar-refractivity contribution in [1.29, 1.82) is 0 Å². The summed E-state index contributed by atoms with van der Waals surface area (Å²) in [5, 5.41) is 11.6. The quantitative estimate of drug-likeness (QED) is 0.492. The second kappa shape index (κ2) is 9.06. The van der Waals surface area contributed by atoms with Gasteiger partial charge in [0.05, 0.1) is 37.0 Å². The van der Waals surface area contributed by atoms with Crippen LogP contribution in [-0.2, 0) is 11.3 Å². The second-order valence-corrected chi connectivity index (χ2v) is 8.07. The maximum Gasteiger partial charge on any atom is 0.274 e. The van der Waals surface area contributed by atoms with Crippen molar-refractivity contribution in [3.63, 3.8) is 0 Å². The van der Waals surface area contributed by atoms with Crippen LogP contribution in [0.25, 0.3) is 16.9 Å². The molecule has 0 radical (unpaired) electrons. The minimum Gasteiger partial charge on any atom is -0.378 e. The topological polar surface area (TPSA) is 107 Å². The van der Waals surface area contributed by atoms with Gasteiger partial charge in [0.1, 0.15) is 11.3 Å². The molecule has 1 N–H and O–H groups in total. The molecule has 5 rings (SSSR count). The molecule has 1 aromatic carbocycles. The van der Waals surface area contributed by atoms with E-state index in [4.69, 9.17) is 4.74 Å². The molecule has 10 heteroatoms. The molecule has 0 atom stereocenters. The fourth-order valence-electron chi connectivity index (χ4n) is 4.04. The van der Waals surface area contributed by atoms with Crippen molar-refractivity contribution in [2.24, 2.45) is 0 Å². The van der Waals surface area contributed by atoms with Crippen LogP contribution in [0.4, 0.5) is 5.69 Å². The van der Waals surface area contributed by atoms with Gasteiger partial charge >= 0.3 is 0 Å². The van der Waals surface area contributed by atoms with E-state index in [9.17, 15) is 9.59 Å². The number of ether oxygens (including phenoxy) is 1. The number of hydrogen-bond donors (Lipinski definition) is 1. The lowest BCUT2D eigenvalue weighted by Crippen LogP contribution is -2.41. The summed E-state index contributed by atoms with van der Waals surface area (Å²) in [5.74, 6) is -0.590. The van der Waals surface area contributed by atoms with E-state index in [0.717, 1.165) is 16.8 Å². The van der Waals surface area contributed by atoms with E-state index in [2.05, 4.69) is 20.5 Å². The molecule has 1 saturated heterocycles. The van der Waals surface area contributed by atoms with Crippen LogP contribution in [0.5, 0.6) is 0 Å². The fourth-order valence-corrected chi connectivity index (χ4v) is 4.04. The highest BCUT2D eigenvalue weighted by molar-refractivity contribution is 6.11. The number of aromatic nitrogens is 5. The van der Waals surface area contributed by atoms with Gasteiger partial charge in [0.2, 0.25) is 0 Å². The third-order valence-electron chi connectivity index (χ3n) is 5.88. The molecule has 4 heterocycles. The smallest absolute Gasteiger partial charge is 0.274 e. The molecule has 10 nitrogen and oxygen atoms in total. The number of carbonyl (C=O) groups is 2. The Balaban J connectivity index is 1.46. The Morgan fingerprint density at radius 3 is 2.56 bits per heavy atom. The first-order valence-electron chi connectivity index (χ1n) is 11.2. The van der Waals surface area contributed by atoms with Crippen molar-refractivity contribution in [2.45, 2.75) is 20.4 Å². The van der Waals surface area contributed by atoms with Gasteiger partial charge in [-0.25, -0.2) is 9.50 Å². The Hall–Kier alpha value is -4.05. The first kappa shape index (κ1) is 21.8. The zero-order valence-corrected chi connectivity index (χ0v) is 19.1. The van der Waals surface area contributed by atoms with Gasteiger partial charge in [-0.2, -0.15) is 10.2 Å². The van der Waals surface area contributed by atoms with Crippen LogP contribution in [0.3, 0.4) is 0 Å². The van der Waals surface area contributed by atoms with Gasteiger partial charge in [-0.1, -0.05) is 29.8 Å². The van der Waals surface area contributed by atoms with Gasteiger partial charge in [-0.3, -0.25) is 14.3 Å². The van der Waals surface area contributed by atoms with E-state index in [1.807, 2.05) is 44.2 Å². The minimum absolute atomic E-state index is 0.183. The number of anilines is 1. The van der Waals surface area contributed by atoms with Crippen molar-refractivity contribution in [1.82, 2.24) is 29.3 Å². The summed E-state index contributed by atoms with van der Waals surface area (Å²) in [4.78, 5) is 32.5. The molecule has 2 amide bonds. The summed E-state index contributed by atoms with van der Waals surface area (Å²) in [5.41, 5.74) is 4.40. The van der Waals surface area contributed by atoms with E-state index in [1.165, 1.54) is 12.4 Å². The molecular weight excluding hydrogens is 434 g/mol. The van der Waals surface area contributed by atoms with Crippen LogP contribution >= 0.6 is 0 Å². The van der Waals surface area contributed by atoms with Crippen molar-refractivity contribution in [3.05, 3.63) is 65.7 Å². The van der Waals surface area contributed by atoms with E-state index in [-0.39, 0.29) is 5.91 Å². The molecule has 0 aliphatic carbocycles. The number of carbonyl (C=O) groups excluding carboxylic acids is 2. The van der Waals surface area contributed by atoms with Crippen molar-refractivity contribution < 1.29 is 14.3 Å². The molecule has 1 aliphatic heterocycles. The Morgan fingerprint density at radius 1 is 1.06 bits per heavy atom. The number of rotatable bonds is 5. The Kier molecular flexibility index (Phi) is 5.81. The maximum atomic E-state index is 13.2. The summed E-state index contributed by atoms with van der Waals surface area (Å²) in [6, 6.07) is 9.92. The monoisotopic (exact) mass is 459 g/mol. The zero-order valence-electron chi connectivity index (χ0n) is 19.1. The molecule has 0 unspecified atom stereocenters. The molecule has 174 valence electrons. The van der Waals surface area contributed by atoms with Gasteiger partial charge in [0.15, 0.2) is 5.65 Å². The Labute approximate surface area is 196 Å². The highest BCUT2D eigenvalue weighted by Gasteiger charge is 2.27. The molecule has 3 aromatic heterocycles. The highest BCUT2D eigenvalue weighted by atomic mass is 16.5. The molecule has 0 spiro atoms. The highest BCUT2D eigenvalue weighted by Crippen LogP contribution is 2.23. The van der Waals surface area contributed by atoms with Crippen LogP contribution < -0.4 is 5.32 Å². The maximum absolute atomic E-state index is 13.2. The normalized spacial score (nSPS) is 13.9. The summed E-state index contributed by atoms with van der Waals surface area (Å²) in [7, 11) is 0. The molecular formula is C24H25N7O3. The summed E-state index contributed by atoms with van der Waals surface area (Å²) >= 11 is 0. The first-order valence-corrected chi connectivity index (χ1v) is 11.2.